The smallest absolute Gasteiger partial charge is 0.301 e. The summed E-state index contributed by atoms with van der Waals surface area (Å²) in [5.74, 6) is 0.767. The number of fused-ring (bicyclic) bond motifs is 3. The fourth-order valence-electron chi connectivity index (χ4n) is 5.01. The monoisotopic (exact) mass is 578 g/mol. The van der Waals surface area contributed by atoms with Crippen LogP contribution in [0.5, 0.6) is 5.75 Å². The van der Waals surface area contributed by atoms with Gasteiger partial charge in [-0.25, -0.2) is 8.42 Å². The lowest BCUT2D eigenvalue weighted by atomic mass is 9.95. The number of benzene rings is 2. The van der Waals surface area contributed by atoms with Gasteiger partial charge in [-0.1, -0.05) is 12.1 Å². The molecule has 10 nitrogen and oxygen atoms in total. The number of carbonyl (C=O) groups excluding carboxylic acids is 1. The summed E-state index contributed by atoms with van der Waals surface area (Å²) in [5, 5.41) is 0. The number of sulfonamides is 1. The van der Waals surface area contributed by atoms with E-state index in [1.807, 2.05) is 23.1 Å². The molecule has 12 heteroatoms. The van der Waals surface area contributed by atoms with Gasteiger partial charge >= 0.3 is 10.2 Å². The van der Waals surface area contributed by atoms with Crippen LogP contribution in [0.3, 0.4) is 0 Å². The zero-order chi connectivity index (χ0) is 28.0. The van der Waals surface area contributed by atoms with Gasteiger partial charge in [-0.15, -0.1) is 0 Å². The summed E-state index contributed by atoms with van der Waals surface area (Å²) in [6.45, 7) is 1.19. The number of nitrogens with one attached hydrogen (secondary N) is 1. The minimum atomic E-state index is -3.92. The van der Waals surface area contributed by atoms with Gasteiger partial charge < -0.3 is 9.64 Å². The van der Waals surface area contributed by atoms with Crippen LogP contribution in [0, 0.1) is 0 Å². The van der Waals surface area contributed by atoms with E-state index in [9.17, 15) is 21.6 Å². The molecule has 0 radical (unpaired) electrons. The Morgan fingerprint density at radius 1 is 0.897 bits per heavy atom. The summed E-state index contributed by atoms with van der Waals surface area (Å²) in [6, 6.07) is 13.6. The lowest BCUT2D eigenvalue weighted by molar-refractivity contribution is -0.135. The molecule has 2 aliphatic rings. The van der Waals surface area contributed by atoms with E-state index in [0.29, 0.717) is 12.2 Å². The van der Waals surface area contributed by atoms with Crippen LogP contribution in [-0.4, -0.2) is 82.6 Å². The Balaban J connectivity index is 1.54. The van der Waals surface area contributed by atoms with Gasteiger partial charge in [0.05, 0.1) is 4.90 Å². The standard InChI is InChI=1S/C27H38N4O6S2/c1-29(2)39(35,36)28-23-12-15-26(16-13-23)38(33,34)30-17-6-10-27(32)31-18-4-3-8-24(31)14-11-22-7-5-9-25(21-22)37-20-19-30/h5,7,9,12-13,15-16,21,24,28H,3-4,6,8,10-11,14,17-20H2,1-2H3. The summed E-state index contributed by atoms with van der Waals surface area (Å²) in [5.41, 5.74) is 1.39. The highest BCUT2D eigenvalue weighted by molar-refractivity contribution is 7.90. The third kappa shape index (κ3) is 7.50. The van der Waals surface area contributed by atoms with Crippen molar-refractivity contribution in [3.8, 4) is 5.75 Å². The first-order valence-corrected chi connectivity index (χ1v) is 16.3. The first kappa shape index (κ1) is 29.3. The van der Waals surface area contributed by atoms with Crippen LogP contribution in [0.25, 0.3) is 0 Å². The summed E-state index contributed by atoms with van der Waals surface area (Å²) < 4.78 is 62.1. The second-order valence-corrected chi connectivity index (χ2v) is 14.0. The van der Waals surface area contributed by atoms with Crippen LogP contribution in [0.2, 0.25) is 0 Å². The highest BCUT2D eigenvalue weighted by Gasteiger charge is 2.28. The molecule has 39 heavy (non-hydrogen) atoms. The van der Waals surface area contributed by atoms with Gasteiger partial charge in [0.15, 0.2) is 0 Å². The molecule has 4 rings (SSSR count). The molecule has 2 heterocycles. The Kier molecular flexibility index (Phi) is 9.52. The largest absolute Gasteiger partial charge is 0.492 e. The molecular formula is C27H38N4O6S2. The Morgan fingerprint density at radius 2 is 1.67 bits per heavy atom. The summed E-state index contributed by atoms with van der Waals surface area (Å²) in [4.78, 5) is 15.2. The topological polar surface area (TPSA) is 116 Å². The van der Waals surface area contributed by atoms with Gasteiger partial charge in [-0.05, 0) is 80.5 Å². The Bertz CT molecular complexity index is 1350. The third-order valence-corrected chi connectivity index (χ3v) is 10.6. The van der Waals surface area contributed by atoms with E-state index < -0.39 is 20.2 Å². The van der Waals surface area contributed by atoms with Crippen molar-refractivity contribution in [3.05, 3.63) is 54.1 Å². The van der Waals surface area contributed by atoms with Crippen molar-refractivity contribution in [2.75, 3.05) is 45.1 Å². The number of rotatable bonds is 5. The van der Waals surface area contributed by atoms with Crippen LogP contribution in [0.15, 0.2) is 53.4 Å². The molecule has 0 spiro atoms. The number of anilines is 1. The van der Waals surface area contributed by atoms with Crippen molar-refractivity contribution in [1.82, 2.24) is 13.5 Å². The third-order valence-electron chi connectivity index (χ3n) is 7.24. The number of carbonyl (C=O) groups is 1. The number of aryl methyl sites for hydroxylation is 1. The molecule has 2 aromatic rings. The lowest BCUT2D eigenvalue weighted by Crippen LogP contribution is -2.44. The van der Waals surface area contributed by atoms with Gasteiger partial charge in [-0.3, -0.25) is 9.52 Å². The van der Waals surface area contributed by atoms with Gasteiger partial charge in [0.1, 0.15) is 12.4 Å². The molecule has 1 unspecified atom stereocenters. The van der Waals surface area contributed by atoms with Crippen molar-refractivity contribution in [2.24, 2.45) is 0 Å². The molecule has 214 valence electrons. The zero-order valence-corrected chi connectivity index (χ0v) is 24.2. The number of piperidine rings is 1. The van der Waals surface area contributed by atoms with E-state index in [2.05, 4.69) is 10.8 Å². The summed E-state index contributed by atoms with van der Waals surface area (Å²) in [7, 11) is -4.83. The minimum absolute atomic E-state index is 0.0395. The maximum absolute atomic E-state index is 13.6. The Labute approximate surface area is 232 Å². The SMILES string of the molecule is CN(C)S(=O)(=O)Nc1ccc(S(=O)(=O)N2CCCC(=O)N3CCCCC3CCc3cccc(c3)OCC2)cc1. The van der Waals surface area contributed by atoms with Gasteiger partial charge in [0.25, 0.3) is 0 Å². The molecule has 1 N–H and O–H groups in total. The number of hydrogen-bond acceptors (Lipinski definition) is 6. The molecule has 1 amide bonds. The van der Waals surface area contributed by atoms with Crippen molar-refractivity contribution in [1.29, 1.82) is 0 Å². The fourth-order valence-corrected chi connectivity index (χ4v) is 7.08. The molecule has 1 saturated heterocycles. The van der Waals surface area contributed by atoms with Crippen molar-refractivity contribution < 1.29 is 26.4 Å². The van der Waals surface area contributed by atoms with Gasteiger partial charge in [-0.2, -0.15) is 17.0 Å². The van der Waals surface area contributed by atoms with Crippen LogP contribution in [0.4, 0.5) is 5.69 Å². The molecule has 0 aliphatic carbocycles. The van der Waals surface area contributed by atoms with Crippen LogP contribution in [-0.2, 0) is 31.4 Å². The van der Waals surface area contributed by atoms with Crippen LogP contribution < -0.4 is 9.46 Å². The van der Waals surface area contributed by atoms with Crippen LogP contribution in [0.1, 0.15) is 44.1 Å². The summed E-state index contributed by atoms with van der Waals surface area (Å²) >= 11 is 0. The highest BCUT2D eigenvalue weighted by atomic mass is 32.2. The van der Waals surface area contributed by atoms with Gasteiger partial charge in [0.2, 0.25) is 15.9 Å². The zero-order valence-electron chi connectivity index (χ0n) is 22.6. The Morgan fingerprint density at radius 3 is 2.41 bits per heavy atom. The van der Waals surface area contributed by atoms with Crippen molar-refractivity contribution in [2.45, 2.75) is 55.9 Å². The number of amides is 1. The fraction of sp³-hybridized carbons (Fsp3) is 0.519. The molecule has 2 aliphatic heterocycles. The Hall–Kier alpha value is -2.67. The second-order valence-electron chi connectivity index (χ2n) is 10.2. The first-order valence-electron chi connectivity index (χ1n) is 13.4. The second kappa shape index (κ2) is 12.7. The maximum Gasteiger partial charge on any atom is 0.301 e. The molecule has 2 aromatic carbocycles. The lowest BCUT2D eigenvalue weighted by Gasteiger charge is -2.36. The van der Waals surface area contributed by atoms with Crippen molar-refractivity contribution in [3.63, 3.8) is 0 Å². The molecular weight excluding hydrogens is 540 g/mol. The predicted octanol–water partition coefficient (Wildman–Crippen LogP) is 3.08. The molecule has 0 aromatic heterocycles. The normalized spacial score (nSPS) is 20.4. The molecule has 1 fully saturated rings. The summed E-state index contributed by atoms with van der Waals surface area (Å²) in [6.07, 6.45) is 5.52. The quantitative estimate of drug-likeness (QED) is 0.583. The average Bonchev–Trinajstić information content (AvgIpc) is 2.91. The van der Waals surface area contributed by atoms with E-state index in [1.54, 1.807) is 0 Å². The van der Waals surface area contributed by atoms with E-state index in [-0.39, 0.29) is 48.6 Å². The molecule has 0 saturated carbocycles. The maximum atomic E-state index is 13.6. The number of ether oxygens (including phenoxy) is 1. The number of nitrogens with zero attached hydrogens (tertiary/aromatic N) is 3. The predicted molar refractivity (Wildman–Crippen MR) is 150 cm³/mol. The average molecular weight is 579 g/mol. The highest BCUT2D eigenvalue weighted by Crippen LogP contribution is 2.25. The number of hydrogen-bond donors (Lipinski definition) is 1. The van der Waals surface area contributed by atoms with E-state index in [1.165, 1.54) is 42.7 Å². The van der Waals surface area contributed by atoms with Gasteiger partial charge in [0, 0.05) is 51.9 Å². The molecule has 1 atom stereocenters. The van der Waals surface area contributed by atoms with E-state index in [4.69, 9.17) is 4.74 Å². The van der Waals surface area contributed by atoms with Crippen LogP contribution >= 0.6 is 0 Å². The van der Waals surface area contributed by atoms with Crippen molar-refractivity contribution >= 4 is 31.8 Å². The molecule has 2 bridgehead atoms. The van der Waals surface area contributed by atoms with E-state index in [0.717, 1.165) is 48.5 Å². The minimum Gasteiger partial charge on any atom is -0.492 e. The van der Waals surface area contributed by atoms with E-state index >= 15 is 0 Å². The first-order chi connectivity index (χ1) is 18.6.